The first-order chi connectivity index (χ1) is 9.32. The molecule has 2 aromatic rings. The Morgan fingerprint density at radius 3 is 2.45 bits per heavy atom. The maximum absolute atomic E-state index is 12.1. The third-order valence-corrected chi connectivity index (χ3v) is 3.65. The zero-order valence-electron chi connectivity index (χ0n) is 12.0. The molecule has 0 spiro atoms. The van der Waals surface area contributed by atoms with E-state index in [0.717, 1.165) is 11.3 Å². The third-order valence-electron chi connectivity index (χ3n) is 3.65. The molecule has 0 aliphatic rings. The quantitative estimate of drug-likeness (QED) is 0.914. The third kappa shape index (κ3) is 2.24. The highest BCUT2D eigenvalue weighted by molar-refractivity contribution is 5.90. The average molecular weight is 275 g/mol. The van der Waals surface area contributed by atoms with Gasteiger partial charge in [0, 0.05) is 30.1 Å². The van der Waals surface area contributed by atoms with Crippen molar-refractivity contribution < 1.29 is 9.90 Å². The molecule has 2 heterocycles. The molecule has 0 atom stereocenters. The molecule has 0 radical (unpaired) electrons. The van der Waals surface area contributed by atoms with Crippen LogP contribution < -0.4 is 5.56 Å². The Labute approximate surface area is 116 Å². The Hall–Kier alpha value is -2.37. The summed E-state index contributed by atoms with van der Waals surface area (Å²) in [5.74, 6) is -1.02. The summed E-state index contributed by atoms with van der Waals surface area (Å²) < 4.78 is 3.20. The molecule has 20 heavy (non-hydrogen) atoms. The fraction of sp³-hybridized carbons (Fsp3) is 0.357. The lowest BCUT2D eigenvalue weighted by Gasteiger charge is -2.13. The lowest BCUT2D eigenvalue weighted by Crippen LogP contribution is -2.26. The molecule has 106 valence electrons. The number of aryl methyl sites for hydroxylation is 2. The SMILES string of the molecule is Cc1cc(=O)n(Cc2cnn(C)c2C)c(C)c1C(=O)O. The van der Waals surface area contributed by atoms with Crippen LogP contribution in [0.2, 0.25) is 0 Å². The van der Waals surface area contributed by atoms with Gasteiger partial charge < -0.3 is 9.67 Å². The van der Waals surface area contributed by atoms with E-state index in [2.05, 4.69) is 5.10 Å². The van der Waals surface area contributed by atoms with Gasteiger partial charge in [-0.15, -0.1) is 0 Å². The number of hydrogen-bond acceptors (Lipinski definition) is 3. The molecule has 0 aromatic carbocycles. The summed E-state index contributed by atoms with van der Waals surface area (Å²) >= 11 is 0. The molecule has 0 aliphatic heterocycles. The highest BCUT2D eigenvalue weighted by atomic mass is 16.4. The van der Waals surface area contributed by atoms with Crippen molar-refractivity contribution in [3.63, 3.8) is 0 Å². The normalized spacial score (nSPS) is 10.8. The molecule has 2 aromatic heterocycles. The van der Waals surface area contributed by atoms with Crippen LogP contribution in [0.5, 0.6) is 0 Å². The smallest absolute Gasteiger partial charge is 0.337 e. The van der Waals surface area contributed by atoms with Gasteiger partial charge in [-0.1, -0.05) is 0 Å². The van der Waals surface area contributed by atoms with Crippen molar-refractivity contribution in [2.45, 2.75) is 27.3 Å². The largest absolute Gasteiger partial charge is 0.478 e. The summed E-state index contributed by atoms with van der Waals surface area (Å²) in [6.07, 6.45) is 1.70. The average Bonchev–Trinajstić information content (AvgIpc) is 2.65. The fourth-order valence-corrected chi connectivity index (χ4v) is 2.31. The van der Waals surface area contributed by atoms with Crippen molar-refractivity contribution >= 4 is 5.97 Å². The zero-order chi connectivity index (χ0) is 15.0. The monoisotopic (exact) mass is 275 g/mol. The molecule has 0 fully saturated rings. The highest BCUT2D eigenvalue weighted by Crippen LogP contribution is 2.14. The van der Waals surface area contributed by atoms with Gasteiger partial charge in [-0.3, -0.25) is 9.48 Å². The summed E-state index contributed by atoms with van der Waals surface area (Å²) in [7, 11) is 1.83. The van der Waals surface area contributed by atoms with Crippen molar-refractivity contribution in [3.8, 4) is 0 Å². The predicted octanol–water partition coefficient (Wildman–Crippen LogP) is 1.25. The van der Waals surface area contributed by atoms with Gasteiger partial charge in [-0.2, -0.15) is 5.10 Å². The van der Waals surface area contributed by atoms with Crippen LogP contribution in [0.3, 0.4) is 0 Å². The summed E-state index contributed by atoms with van der Waals surface area (Å²) in [5, 5.41) is 13.4. The Morgan fingerprint density at radius 1 is 1.30 bits per heavy atom. The standard InChI is InChI=1S/C14H17N3O3/c1-8-5-12(18)17(10(3)13(8)14(19)20)7-11-6-15-16(4)9(11)2/h5-6H,7H2,1-4H3,(H,19,20). The lowest BCUT2D eigenvalue weighted by molar-refractivity contribution is 0.0694. The van der Waals surface area contributed by atoms with Crippen LogP contribution in [0.25, 0.3) is 0 Å². The number of carbonyl (C=O) groups is 1. The number of hydrogen-bond donors (Lipinski definition) is 1. The van der Waals surface area contributed by atoms with E-state index < -0.39 is 5.97 Å². The van der Waals surface area contributed by atoms with Crippen LogP contribution in [-0.4, -0.2) is 25.4 Å². The van der Waals surface area contributed by atoms with Gasteiger partial charge in [-0.05, 0) is 26.3 Å². The molecule has 1 N–H and O–H groups in total. The summed E-state index contributed by atoms with van der Waals surface area (Å²) in [5.41, 5.74) is 2.79. The number of carboxylic acid groups (broad SMARTS) is 1. The topological polar surface area (TPSA) is 77.1 Å². The second kappa shape index (κ2) is 4.96. The first kappa shape index (κ1) is 14.0. The second-order valence-electron chi connectivity index (χ2n) is 4.90. The van der Waals surface area contributed by atoms with E-state index in [1.807, 2.05) is 14.0 Å². The van der Waals surface area contributed by atoms with Crippen LogP contribution in [-0.2, 0) is 13.6 Å². The predicted molar refractivity (Wildman–Crippen MR) is 74.2 cm³/mol. The molecule has 0 amide bonds. The molecule has 2 rings (SSSR count). The fourth-order valence-electron chi connectivity index (χ4n) is 2.31. The van der Waals surface area contributed by atoms with Crippen LogP contribution in [0.15, 0.2) is 17.1 Å². The van der Waals surface area contributed by atoms with E-state index in [0.29, 0.717) is 17.8 Å². The minimum atomic E-state index is -1.02. The van der Waals surface area contributed by atoms with E-state index in [1.165, 1.54) is 10.6 Å². The number of nitrogens with zero attached hydrogens (tertiary/aromatic N) is 3. The molecular formula is C14H17N3O3. The Bertz CT molecular complexity index is 741. The summed E-state index contributed by atoms with van der Waals surface area (Å²) in [6.45, 7) is 5.53. The highest BCUT2D eigenvalue weighted by Gasteiger charge is 2.16. The second-order valence-corrected chi connectivity index (χ2v) is 4.90. The van der Waals surface area contributed by atoms with Crippen molar-refractivity contribution in [2.24, 2.45) is 7.05 Å². The van der Waals surface area contributed by atoms with Gasteiger partial charge in [0.05, 0.1) is 18.3 Å². The van der Waals surface area contributed by atoms with E-state index >= 15 is 0 Å². The van der Waals surface area contributed by atoms with Gasteiger partial charge in [0.2, 0.25) is 0 Å². The Morgan fingerprint density at radius 2 is 1.95 bits per heavy atom. The molecule has 6 heteroatoms. The van der Waals surface area contributed by atoms with Gasteiger partial charge >= 0.3 is 5.97 Å². The number of carboxylic acids is 1. The minimum absolute atomic E-state index is 0.186. The van der Waals surface area contributed by atoms with Crippen molar-refractivity contribution in [1.29, 1.82) is 0 Å². The van der Waals surface area contributed by atoms with E-state index in [4.69, 9.17) is 0 Å². The first-order valence-electron chi connectivity index (χ1n) is 6.24. The van der Waals surface area contributed by atoms with Crippen LogP contribution >= 0.6 is 0 Å². The lowest BCUT2D eigenvalue weighted by atomic mass is 10.1. The molecule has 0 bridgehead atoms. The van der Waals surface area contributed by atoms with Crippen LogP contribution in [0.4, 0.5) is 0 Å². The first-order valence-corrected chi connectivity index (χ1v) is 6.24. The summed E-state index contributed by atoms with van der Waals surface area (Å²) in [6, 6.07) is 1.36. The molecule has 0 saturated heterocycles. The molecule has 6 nitrogen and oxygen atoms in total. The van der Waals surface area contributed by atoms with Gasteiger partial charge in [0.25, 0.3) is 5.56 Å². The molecule has 0 aliphatic carbocycles. The Balaban J connectivity index is 2.58. The van der Waals surface area contributed by atoms with Crippen LogP contribution in [0, 0.1) is 20.8 Å². The van der Waals surface area contributed by atoms with Crippen molar-refractivity contribution in [3.05, 3.63) is 50.7 Å². The van der Waals surface area contributed by atoms with E-state index in [1.54, 1.807) is 24.7 Å². The minimum Gasteiger partial charge on any atom is -0.478 e. The number of rotatable bonds is 3. The van der Waals surface area contributed by atoms with E-state index in [9.17, 15) is 14.7 Å². The number of aromatic carboxylic acids is 1. The van der Waals surface area contributed by atoms with Gasteiger partial charge in [0.15, 0.2) is 0 Å². The van der Waals surface area contributed by atoms with Gasteiger partial charge in [-0.25, -0.2) is 4.79 Å². The molecular weight excluding hydrogens is 258 g/mol. The summed E-state index contributed by atoms with van der Waals surface area (Å²) in [4.78, 5) is 23.4. The van der Waals surface area contributed by atoms with E-state index in [-0.39, 0.29) is 11.1 Å². The number of pyridine rings is 1. The molecule has 0 saturated carbocycles. The molecule has 0 unspecified atom stereocenters. The van der Waals surface area contributed by atoms with Crippen molar-refractivity contribution in [2.75, 3.05) is 0 Å². The maximum atomic E-state index is 12.1. The van der Waals surface area contributed by atoms with Crippen molar-refractivity contribution in [1.82, 2.24) is 14.3 Å². The number of aromatic nitrogens is 3. The van der Waals surface area contributed by atoms with Crippen LogP contribution in [0.1, 0.15) is 32.9 Å². The Kier molecular flexibility index (Phi) is 3.48. The zero-order valence-corrected chi connectivity index (χ0v) is 12.0. The van der Waals surface area contributed by atoms with Gasteiger partial charge in [0.1, 0.15) is 0 Å². The maximum Gasteiger partial charge on any atom is 0.337 e.